The number of carbonyl (C=O) groups excluding carboxylic acids is 4. The highest BCUT2D eigenvalue weighted by atomic mass is 16.4. The van der Waals surface area contributed by atoms with Crippen molar-refractivity contribution in [3.63, 3.8) is 0 Å². The van der Waals surface area contributed by atoms with E-state index in [1.165, 1.54) is 0 Å². The van der Waals surface area contributed by atoms with Gasteiger partial charge >= 0.3 is 11.9 Å². The summed E-state index contributed by atoms with van der Waals surface area (Å²) in [5.74, 6) is -6.06. The molecule has 40 heavy (non-hydrogen) atoms. The standard InChI is InChI=1S/C26H36N6O8/c1-13(2)9-18(24(37)32-20(26(39)40)11-22(34)35)31-25(38)19(30-23(36)16(27)7-8-21(28)33)10-14-12-29-17-6-4-3-5-15(14)17/h3-6,12-13,16,18-20,29H,7-11,27H2,1-2H3,(H2,28,33)(H,30,36)(H,31,38)(H,32,37)(H,34,35)(H,39,40). The molecular weight excluding hydrogens is 524 g/mol. The molecule has 0 bridgehead atoms. The Morgan fingerprint density at radius 1 is 0.900 bits per heavy atom. The van der Waals surface area contributed by atoms with Crippen LogP contribution >= 0.6 is 0 Å². The van der Waals surface area contributed by atoms with E-state index < -0.39 is 66.2 Å². The molecule has 4 atom stereocenters. The van der Waals surface area contributed by atoms with Crippen molar-refractivity contribution in [2.45, 2.75) is 70.1 Å². The number of H-pyrrole nitrogens is 1. The third-order valence-electron chi connectivity index (χ3n) is 6.10. The summed E-state index contributed by atoms with van der Waals surface area (Å²) in [7, 11) is 0. The predicted molar refractivity (Wildman–Crippen MR) is 144 cm³/mol. The first-order valence-corrected chi connectivity index (χ1v) is 12.7. The van der Waals surface area contributed by atoms with E-state index >= 15 is 0 Å². The second-order valence-corrected chi connectivity index (χ2v) is 9.92. The topological polar surface area (TPSA) is 247 Å². The normalized spacial score (nSPS) is 14.1. The maximum Gasteiger partial charge on any atom is 0.326 e. The average molecular weight is 561 g/mol. The lowest BCUT2D eigenvalue weighted by Crippen LogP contribution is -2.58. The molecule has 4 amide bonds. The van der Waals surface area contributed by atoms with Crippen molar-refractivity contribution in [2.24, 2.45) is 17.4 Å². The van der Waals surface area contributed by atoms with Gasteiger partial charge in [0.15, 0.2) is 0 Å². The van der Waals surface area contributed by atoms with E-state index in [1.54, 1.807) is 20.0 Å². The first kappa shape index (κ1) is 31.8. The summed E-state index contributed by atoms with van der Waals surface area (Å²) in [5, 5.41) is 26.4. The van der Waals surface area contributed by atoms with Crippen molar-refractivity contribution in [2.75, 3.05) is 0 Å². The van der Waals surface area contributed by atoms with Gasteiger partial charge in [-0.1, -0.05) is 32.0 Å². The maximum atomic E-state index is 13.5. The first-order valence-electron chi connectivity index (χ1n) is 12.7. The van der Waals surface area contributed by atoms with Gasteiger partial charge in [-0.3, -0.25) is 24.0 Å². The van der Waals surface area contributed by atoms with Gasteiger partial charge in [-0.15, -0.1) is 0 Å². The molecule has 0 aliphatic heterocycles. The molecule has 1 heterocycles. The van der Waals surface area contributed by atoms with Gasteiger partial charge < -0.3 is 42.6 Å². The molecular formula is C26H36N6O8. The van der Waals surface area contributed by atoms with Crippen molar-refractivity contribution in [3.05, 3.63) is 36.0 Å². The molecule has 0 fully saturated rings. The lowest BCUT2D eigenvalue weighted by Gasteiger charge is -2.26. The van der Waals surface area contributed by atoms with Gasteiger partial charge in [0.2, 0.25) is 23.6 Å². The molecule has 0 aliphatic carbocycles. The minimum Gasteiger partial charge on any atom is -0.481 e. The number of nitrogens with two attached hydrogens (primary N) is 2. The number of amides is 4. The number of para-hydroxylation sites is 1. The number of aromatic nitrogens is 1. The van der Waals surface area contributed by atoms with Gasteiger partial charge in [0, 0.05) is 29.9 Å². The van der Waals surface area contributed by atoms with E-state index in [0.29, 0.717) is 5.56 Å². The van der Waals surface area contributed by atoms with Crippen molar-refractivity contribution < 1.29 is 39.0 Å². The number of carbonyl (C=O) groups is 6. The lowest BCUT2D eigenvalue weighted by atomic mass is 10.00. The number of hydrogen-bond acceptors (Lipinski definition) is 7. The largest absolute Gasteiger partial charge is 0.481 e. The number of carboxylic acids is 2. The molecule has 218 valence electrons. The summed E-state index contributed by atoms with van der Waals surface area (Å²) in [6.07, 6.45) is 0.768. The second-order valence-electron chi connectivity index (χ2n) is 9.92. The van der Waals surface area contributed by atoms with Crippen LogP contribution in [0.5, 0.6) is 0 Å². The molecule has 10 N–H and O–H groups in total. The molecule has 0 saturated heterocycles. The third-order valence-corrected chi connectivity index (χ3v) is 6.10. The van der Waals surface area contributed by atoms with Gasteiger partial charge in [0.1, 0.15) is 18.1 Å². The van der Waals surface area contributed by atoms with Gasteiger partial charge in [-0.25, -0.2) is 4.79 Å². The number of hydrogen-bond donors (Lipinski definition) is 8. The van der Waals surface area contributed by atoms with E-state index in [9.17, 15) is 33.9 Å². The van der Waals surface area contributed by atoms with E-state index in [0.717, 1.165) is 10.9 Å². The molecule has 0 spiro atoms. The highest BCUT2D eigenvalue weighted by molar-refractivity contribution is 5.95. The molecule has 0 aliphatic rings. The SMILES string of the molecule is CC(C)CC(NC(=O)C(Cc1c[nH]c2ccccc12)NC(=O)C(N)CCC(N)=O)C(=O)NC(CC(=O)O)C(=O)O. The molecule has 4 unspecified atom stereocenters. The number of aliphatic carboxylic acids is 2. The van der Waals surface area contributed by atoms with Crippen molar-refractivity contribution in [3.8, 4) is 0 Å². The van der Waals surface area contributed by atoms with Gasteiger partial charge in [-0.05, 0) is 30.4 Å². The summed E-state index contributed by atoms with van der Waals surface area (Å²) < 4.78 is 0. The molecule has 0 saturated carbocycles. The molecule has 0 radical (unpaired) electrons. The minimum atomic E-state index is -1.71. The highest BCUT2D eigenvalue weighted by Gasteiger charge is 2.32. The quantitative estimate of drug-likeness (QED) is 0.130. The Balaban J connectivity index is 2.30. The summed E-state index contributed by atoms with van der Waals surface area (Å²) in [4.78, 5) is 75.9. The van der Waals surface area contributed by atoms with Gasteiger partial charge in [0.05, 0.1) is 12.5 Å². The third kappa shape index (κ3) is 9.69. The fourth-order valence-electron chi connectivity index (χ4n) is 4.06. The highest BCUT2D eigenvalue weighted by Crippen LogP contribution is 2.19. The zero-order valence-electron chi connectivity index (χ0n) is 22.3. The van der Waals surface area contributed by atoms with Crippen LogP contribution < -0.4 is 27.4 Å². The van der Waals surface area contributed by atoms with E-state index in [4.69, 9.17) is 16.6 Å². The Kier molecular flexibility index (Phi) is 11.6. The van der Waals surface area contributed by atoms with Crippen molar-refractivity contribution in [1.82, 2.24) is 20.9 Å². The smallest absolute Gasteiger partial charge is 0.326 e. The van der Waals surface area contributed by atoms with Crippen LogP contribution in [-0.2, 0) is 35.2 Å². The summed E-state index contributed by atoms with van der Waals surface area (Å²) in [5.41, 5.74) is 12.5. The fourth-order valence-corrected chi connectivity index (χ4v) is 4.06. The number of benzene rings is 1. The fraction of sp³-hybridized carbons (Fsp3) is 0.462. The number of primary amides is 1. The summed E-state index contributed by atoms with van der Waals surface area (Å²) >= 11 is 0. The van der Waals surface area contributed by atoms with Crippen LogP contribution in [0.25, 0.3) is 10.9 Å². The number of aromatic amines is 1. The van der Waals surface area contributed by atoms with Gasteiger partial charge in [-0.2, -0.15) is 0 Å². The van der Waals surface area contributed by atoms with Crippen molar-refractivity contribution >= 4 is 46.5 Å². The van der Waals surface area contributed by atoms with Crippen molar-refractivity contribution in [1.29, 1.82) is 0 Å². The van der Waals surface area contributed by atoms with Gasteiger partial charge in [0.25, 0.3) is 0 Å². The molecule has 2 rings (SSSR count). The van der Waals surface area contributed by atoms with Crippen LogP contribution in [0.3, 0.4) is 0 Å². The zero-order valence-corrected chi connectivity index (χ0v) is 22.3. The lowest BCUT2D eigenvalue weighted by molar-refractivity contribution is -0.147. The number of fused-ring (bicyclic) bond motifs is 1. The second kappa shape index (κ2) is 14.6. The van der Waals surface area contributed by atoms with Crippen LogP contribution in [0.1, 0.15) is 45.1 Å². The summed E-state index contributed by atoms with van der Waals surface area (Å²) in [6.45, 7) is 3.56. The van der Waals surface area contributed by atoms with E-state index in [1.807, 2.05) is 24.3 Å². The minimum absolute atomic E-state index is 0.0108. The molecule has 1 aromatic heterocycles. The Hall–Kier alpha value is -4.46. The van der Waals surface area contributed by atoms with Crippen LogP contribution in [0, 0.1) is 5.92 Å². The predicted octanol–water partition coefficient (Wildman–Crippen LogP) is -0.637. The molecule has 2 aromatic rings. The van der Waals surface area contributed by atoms with Crippen LogP contribution in [0.4, 0.5) is 0 Å². The molecule has 14 nitrogen and oxygen atoms in total. The Morgan fingerprint density at radius 2 is 1.50 bits per heavy atom. The molecule has 1 aromatic carbocycles. The maximum absolute atomic E-state index is 13.5. The monoisotopic (exact) mass is 560 g/mol. The average Bonchev–Trinajstić information content (AvgIpc) is 3.28. The number of rotatable bonds is 16. The Labute approximate surface area is 230 Å². The van der Waals surface area contributed by atoms with E-state index in [2.05, 4.69) is 20.9 Å². The van der Waals surface area contributed by atoms with Crippen LogP contribution in [0.15, 0.2) is 30.5 Å². The van der Waals surface area contributed by atoms with E-state index in [-0.39, 0.29) is 31.6 Å². The first-order chi connectivity index (χ1) is 18.8. The summed E-state index contributed by atoms with van der Waals surface area (Å²) in [6, 6.07) is 2.04. The van der Waals surface area contributed by atoms with Crippen LogP contribution in [-0.4, -0.2) is 74.9 Å². The molecule has 14 heteroatoms. The number of carboxylic acid groups (broad SMARTS) is 2. The Morgan fingerprint density at radius 3 is 2.10 bits per heavy atom. The van der Waals surface area contributed by atoms with Crippen LogP contribution in [0.2, 0.25) is 0 Å². The number of nitrogens with one attached hydrogen (secondary N) is 4. The zero-order chi connectivity index (χ0) is 30.0. The Bertz CT molecular complexity index is 1240.